The van der Waals surface area contributed by atoms with Crippen molar-refractivity contribution in [2.75, 3.05) is 25.6 Å². The monoisotopic (exact) mass is 499 g/mol. The molecule has 0 atom stereocenters. The number of hydrogen-bond donors (Lipinski definition) is 2. The molecule has 11 heteroatoms. The van der Waals surface area contributed by atoms with Crippen LogP contribution in [0.4, 0.5) is 5.95 Å². The number of amides is 1. The van der Waals surface area contributed by atoms with Gasteiger partial charge in [0.1, 0.15) is 10.6 Å². The number of sulfonamides is 1. The van der Waals surface area contributed by atoms with Crippen LogP contribution in [0.5, 0.6) is 5.75 Å². The fraction of sp³-hybridized carbons (Fsp3) is 0.375. The Balaban J connectivity index is 1.61. The molecule has 2 heterocycles. The molecular weight excluding hydrogens is 470 g/mol. The summed E-state index contributed by atoms with van der Waals surface area (Å²) >= 11 is 0. The number of fused-ring (bicyclic) bond motifs is 1. The second kappa shape index (κ2) is 10.4. The van der Waals surface area contributed by atoms with E-state index in [-0.39, 0.29) is 27.7 Å². The minimum Gasteiger partial charge on any atom is -0.495 e. The topological polar surface area (TPSA) is 123 Å². The third-order valence-corrected chi connectivity index (χ3v) is 7.99. The van der Waals surface area contributed by atoms with Crippen LogP contribution in [0.15, 0.2) is 52.2 Å². The highest BCUT2D eigenvalue weighted by atomic mass is 32.2. The fourth-order valence-electron chi connectivity index (χ4n) is 4.18. The van der Waals surface area contributed by atoms with E-state index in [0.29, 0.717) is 30.5 Å². The number of para-hydroxylation sites is 1. The molecule has 2 N–H and O–H groups in total. The minimum absolute atomic E-state index is 0.0520. The number of anilines is 1. The first kappa shape index (κ1) is 24.7. The van der Waals surface area contributed by atoms with Crippen LogP contribution in [0.1, 0.15) is 43.0 Å². The van der Waals surface area contributed by atoms with Crippen molar-refractivity contribution < 1.29 is 17.9 Å². The van der Waals surface area contributed by atoms with E-state index in [0.717, 1.165) is 25.7 Å². The average Bonchev–Trinajstić information content (AvgIpc) is 3.17. The predicted molar refractivity (Wildman–Crippen MR) is 133 cm³/mol. The minimum atomic E-state index is -3.84. The number of nitrogens with one attached hydrogen (secondary N) is 2. The van der Waals surface area contributed by atoms with Gasteiger partial charge in [-0.25, -0.2) is 13.4 Å². The largest absolute Gasteiger partial charge is 0.495 e. The molecule has 0 radical (unpaired) electrons. The van der Waals surface area contributed by atoms with Gasteiger partial charge >= 0.3 is 0 Å². The molecule has 1 saturated heterocycles. The molecule has 4 rings (SSSR count). The number of hydrazine groups is 1. The van der Waals surface area contributed by atoms with Crippen molar-refractivity contribution in [2.24, 2.45) is 0 Å². The summed E-state index contributed by atoms with van der Waals surface area (Å²) < 4.78 is 34.9. The van der Waals surface area contributed by atoms with E-state index in [4.69, 9.17) is 4.74 Å². The van der Waals surface area contributed by atoms with Gasteiger partial charge in [0.15, 0.2) is 0 Å². The van der Waals surface area contributed by atoms with E-state index in [1.54, 1.807) is 31.2 Å². The van der Waals surface area contributed by atoms with Crippen LogP contribution in [0.3, 0.4) is 0 Å². The first-order valence-electron chi connectivity index (χ1n) is 11.6. The number of ether oxygens (including phenoxy) is 1. The van der Waals surface area contributed by atoms with Crippen molar-refractivity contribution in [1.82, 2.24) is 19.3 Å². The van der Waals surface area contributed by atoms with Gasteiger partial charge in [0.25, 0.3) is 11.5 Å². The van der Waals surface area contributed by atoms with Gasteiger partial charge in [-0.1, -0.05) is 25.0 Å². The SMILES string of the molecule is CCn1c(NNC(=O)c2ccc(OC)c(S(=O)(=O)N3CCCCCC3)c2)nc2ccccc2c1=O. The average molecular weight is 500 g/mol. The van der Waals surface area contributed by atoms with Crippen LogP contribution in [-0.2, 0) is 16.6 Å². The summed E-state index contributed by atoms with van der Waals surface area (Å²) in [5, 5.41) is 0.477. The van der Waals surface area contributed by atoms with Crippen LogP contribution in [0, 0.1) is 0 Å². The highest BCUT2D eigenvalue weighted by Gasteiger charge is 2.29. The summed E-state index contributed by atoms with van der Waals surface area (Å²) in [5.74, 6) is -0.227. The Hall–Kier alpha value is -3.44. The lowest BCUT2D eigenvalue weighted by atomic mass is 10.2. The Labute approximate surface area is 203 Å². The van der Waals surface area contributed by atoms with Crippen LogP contribution in [-0.4, -0.2) is 48.4 Å². The molecule has 2 aromatic carbocycles. The van der Waals surface area contributed by atoms with E-state index in [9.17, 15) is 18.0 Å². The first-order chi connectivity index (χ1) is 16.9. The summed E-state index contributed by atoms with van der Waals surface area (Å²) in [6.45, 7) is 3.02. The molecule has 0 unspecified atom stereocenters. The molecule has 10 nitrogen and oxygen atoms in total. The van der Waals surface area contributed by atoms with E-state index >= 15 is 0 Å². The Morgan fingerprint density at radius 3 is 2.49 bits per heavy atom. The van der Waals surface area contributed by atoms with Gasteiger partial charge in [-0.05, 0) is 50.1 Å². The molecule has 0 bridgehead atoms. The zero-order chi connectivity index (χ0) is 25.0. The molecule has 1 amide bonds. The van der Waals surface area contributed by atoms with Gasteiger partial charge in [-0.3, -0.25) is 25.0 Å². The number of rotatable bonds is 7. The Morgan fingerprint density at radius 2 is 1.80 bits per heavy atom. The van der Waals surface area contributed by atoms with Gasteiger partial charge in [-0.2, -0.15) is 4.31 Å². The zero-order valence-corrected chi connectivity index (χ0v) is 20.6. The molecule has 0 saturated carbocycles. The predicted octanol–water partition coefficient (Wildman–Crippen LogP) is 2.75. The van der Waals surface area contributed by atoms with Gasteiger partial charge < -0.3 is 4.74 Å². The Bertz CT molecular complexity index is 1400. The highest BCUT2D eigenvalue weighted by molar-refractivity contribution is 7.89. The van der Waals surface area contributed by atoms with E-state index < -0.39 is 15.9 Å². The van der Waals surface area contributed by atoms with Gasteiger partial charge in [-0.15, -0.1) is 0 Å². The number of benzene rings is 2. The quantitative estimate of drug-likeness (QED) is 0.479. The van der Waals surface area contributed by atoms with E-state index in [1.165, 1.54) is 34.2 Å². The van der Waals surface area contributed by atoms with Gasteiger partial charge in [0.05, 0.1) is 18.0 Å². The molecule has 35 heavy (non-hydrogen) atoms. The molecule has 186 valence electrons. The van der Waals surface area contributed by atoms with Gasteiger partial charge in [0.2, 0.25) is 16.0 Å². The van der Waals surface area contributed by atoms with E-state index in [2.05, 4.69) is 15.8 Å². The second-order valence-electron chi connectivity index (χ2n) is 8.27. The number of methoxy groups -OCH3 is 1. The summed E-state index contributed by atoms with van der Waals surface area (Å²) in [6.07, 6.45) is 3.57. The van der Waals surface area contributed by atoms with Crippen LogP contribution in [0.2, 0.25) is 0 Å². The lowest BCUT2D eigenvalue weighted by Crippen LogP contribution is -2.35. The number of carbonyl (C=O) groups excluding carboxylic acids is 1. The molecule has 1 aromatic heterocycles. The fourth-order valence-corrected chi connectivity index (χ4v) is 5.88. The Morgan fingerprint density at radius 1 is 1.09 bits per heavy atom. The van der Waals surface area contributed by atoms with Crippen molar-refractivity contribution in [3.8, 4) is 5.75 Å². The lowest BCUT2D eigenvalue weighted by Gasteiger charge is -2.21. The standard InChI is InChI=1S/C24H29N5O5S/c1-3-29-23(31)18-10-6-7-11-19(18)25-24(29)27-26-22(30)17-12-13-20(34-2)21(16-17)35(32,33)28-14-8-4-5-9-15-28/h6-7,10-13,16H,3-5,8-9,14-15H2,1-2H3,(H,25,27)(H,26,30). The first-order valence-corrected chi connectivity index (χ1v) is 13.0. The summed E-state index contributed by atoms with van der Waals surface area (Å²) in [6, 6.07) is 11.2. The van der Waals surface area contributed by atoms with Crippen LogP contribution < -0.4 is 21.1 Å². The maximum Gasteiger partial charge on any atom is 0.269 e. The maximum atomic E-state index is 13.4. The number of aromatic nitrogens is 2. The van der Waals surface area contributed by atoms with Crippen molar-refractivity contribution in [1.29, 1.82) is 0 Å². The third-order valence-electron chi connectivity index (χ3n) is 6.07. The van der Waals surface area contributed by atoms with Crippen LogP contribution in [0.25, 0.3) is 10.9 Å². The third kappa shape index (κ3) is 5.01. The summed E-state index contributed by atoms with van der Waals surface area (Å²) in [5.41, 5.74) is 5.63. The molecule has 1 fully saturated rings. The highest BCUT2D eigenvalue weighted by Crippen LogP contribution is 2.29. The number of nitrogens with zero attached hydrogens (tertiary/aromatic N) is 3. The second-order valence-corrected chi connectivity index (χ2v) is 10.2. The van der Waals surface area contributed by atoms with Crippen molar-refractivity contribution in [3.63, 3.8) is 0 Å². The number of hydrogen-bond acceptors (Lipinski definition) is 7. The molecule has 1 aliphatic rings. The Kier molecular flexibility index (Phi) is 7.37. The summed E-state index contributed by atoms with van der Waals surface area (Å²) in [7, 11) is -2.45. The number of carbonyl (C=O) groups is 1. The van der Waals surface area contributed by atoms with Gasteiger partial charge in [0, 0.05) is 25.2 Å². The zero-order valence-electron chi connectivity index (χ0n) is 19.8. The van der Waals surface area contributed by atoms with Crippen molar-refractivity contribution in [3.05, 3.63) is 58.4 Å². The lowest BCUT2D eigenvalue weighted by molar-refractivity contribution is 0.0962. The molecule has 0 aliphatic carbocycles. The van der Waals surface area contributed by atoms with Crippen LogP contribution >= 0.6 is 0 Å². The smallest absolute Gasteiger partial charge is 0.269 e. The molecule has 3 aromatic rings. The maximum absolute atomic E-state index is 13.4. The normalized spacial score (nSPS) is 14.9. The van der Waals surface area contributed by atoms with E-state index in [1.807, 2.05) is 0 Å². The summed E-state index contributed by atoms with van der Waals surface area (Å²) in [4.78, 5) is 30.1. The molecule has 1 aliphatic heterocycles. The van der Waals surface area contributed by atoms with Crippen molar-refractivity contribution >= 4 is 32.8 Å². The van der Waals surface area contributed by atoms with Crippen molar-refractivity contribution in [2.45, 2.75) is 44.0 Å². The molecular formula is C24H29N5O5S. The molecule has 0 spiro atoms.